The van der Waals surface area contributed by atoms with E-state index in [1.165, 1.54) is 12.1 Å². The van der Waals surface area contributed by atoms with E-state index in [4.69, 9.17) is 0 Å². The summed E-state index contributed by atoms with van der Waals surface area (Å²) < 4.78 is 16.8. The van der Waals surface area contributed by atoms with Crippen LogP contribution >= 0.6 is 7.60 Å². The van der Waals surface area contributed by atoms with Crippen LogP contribution in [0.25, 0.3) is 0 Å². The van der Waals surface area contributed by atoms with Gasteiger partial charge in [-0.2, -0.15) is 0 Å². The highest BCUT2D eigenvalue weighted by Crippen LogP contribution is 2.52. The molecule has 2 amide bonds. The molecule has 0 saturated heterocycles. The van der Waals surface area contributed by atoms with Gasteiger partial charge in [0.05, 0.1) is 11.1 Å². The fourth-order valence-electron chi connectivity index (χ4n) is 2.38. The molecule has 0 aromatic heterocycles. The van der Waals surface area contributed by atoms with Gasteiger partial charge in [0.25, 0.3) is 11.8 Å². The average Bonchev–Trinajstić information content (AvgIpc) is 2.64. The van der Waals surface area contributed by atoms with E-state index in [1.54, 1.807) is 26.0 Å². The topological polar surface area (TPSA) is 83.9 Å². The molecule has 1 heterocycles. The number of fused-ring (bicyclic) bond motifs is 1. The van der Waals surface area contributed by atoms with Crippen LogP contribution in [-0.4, -0.2) is 34.5 Å². The zero-order valence-corrected chi connectivity index (χ0v) is 12.3. The molecule has 2 rings (SSSR count). The first kappa shape index (κ1) is 14.9. The minimum absolute atomic E-state index is 0.249. The van der Waals surface area contributed by atoms with E-state index < -0.39 is 31.1 Å². The Morgan fingerprint density at radius 1 is 1.15 bits per heavy atom. The number of hydrogen-bond acceptors (Lipinski definition) is 4. The molecular formula is C13H16NO5P. The lowest BCUT2D eigenvalue weighted by Crippen LogP contribution is -2.43. The van der Waals surface area contributed by atoms with Gasteiger partial charge in [0.2, 0.25) is 0 Å². The Hall–Kier alpha value is -1.49. The quantitative estimate of drug-likeness (QED) is 0.679. The molecule has 0 bridgehead atoms. The van der Waals surface area contributed by atoms with Gasteiger partial charge in [-0.1, -0.05) is 26.0 Å². The first-order valence-corrected chi connectivity index (χ1v) is 7.81. The van der Waals surface area contributed by atoms with Gasteiger partial charge in [0.15, 0.2) is 0 Å². The molecule has 1 N–H and O–H groups in total. The number of carbonyl (C=O) groups is 2. The van der Waals surface area contributed by atoms with Crippen molar-refractivity contribution >= 4 is 19.4 Å². The third-order valence-electron chi connectivity index (χ3n) is 3.28. The molecule has 108 valence electrons. The molecule has 0 spiro atoms. The number of rotatable bonds is 4. The Morgan fingerprint density at radius 2 is 1.60 bits per heavy atom. The molecule has 6 nitrogen and oxygen atoms in total. The van der Waals surface area contributed by atoms with Crippen molar-refractivity contribution in [1.82, 2.24) is 4.90 Å². The van der Waals surface area contributed by atoms with Gasteiger partial charge in [-0.25, -0.2) is 0 Å². The molecule has 2 atom stereocenters. The molecule has 1 aliphatic rings. The van der Waals surface area contributed by atoms with E-state index in [9.17, 15) is 19.0 Å². The van der Waals surface area contributed by atoms with Crippen LogP contribution in [0.15, 0.2) is 24.3 Å². The van der Waals surface area contributed by atoms with Gasteiger partial charge in [0.1, 0.15) is 5.78 Å². The van der Waals surface area contributed by atoms with Crippen LogP contribution in [0.5, 0.6) is 0 Å². The molecule has 1 aromatic rings. The van der Waals surface area contributed by atoms with Gasteiger partial charge >= 0.3 is 7.60 Å². The maximum atomic E-state index is 12.3. The zero-order chi connectivity index (χ0) is 15.1. The number of hydrogen-bond donors (Lipinski definition) is 1. The van der Waals surface area contributed by atoms with Gasteiger partial charge in [-0.05, 0) is 18.1 Å². The van der Waals surface area contributed by atoms with Crippen LogP contribution in [-0.2, 0) is 9.09 Å². The van der Waals surface area contributed by atoms with Crippen LogP contribution < -0.4 is 0 Å². The number of carbonyl (C=O) groups excluding carboxylic acids is 2. The molecule has 1 aromatic carbocycles. The summed E-state index contributed by atoms with van der Waals surface area (Å²) in [6.45, 7) is 3.33. The average molecular weight is 297 g/mol. The van der Waals surface area contributed by atoms with E-state index in [1.807, 2.05) is 0 Å². The number of amides is 2. The van der Waals surface area contributed by atoms with Crippen molar-refractivity contribution in [2.24, 2.45) is 5.92 Å². The Labute approximate surface area is 116 Å². The molecule has 1 aliphatic heterocycles. The van der Waals surface area contributed by atoms with Crippen molar-refractivity contribution in [3.63, 3.8) is 0 Å². The molecule has 0 radical (unpaired) electrons. The normalized spacial score (nSPS) is 19.1. The summed E-state index contributed by atoms with van der Waals surface area (Å²) in [6, 6.07) is 6.35. The molecule has 7 heteroatoms. The van der Waals surface area contributed by atoms with E-state index in [0.29, 0.717) is 0 Å². The van der Waals surface area contributed by atoms with E-state index >= 15 is 0 Å². The molecule has 1 unspecified atom stereocenters. The number of imide groups is 1. The second-order valence-corrected chi connectivity index (χ2v) is 6.95. The number of benzene rings is 1. The summed E-state index contributed by atoms with van der Waals surface area (Å²) in [4.78, 5) is 35.4. The maximum Gasteiger partial charge on any atom is 0.350 e. The van der Waals surface area contributed by atoms with Crippen molar-refractivity contribution in [2.45, 2.75) is 19.6 Å². The van der Waals surface area contributed by atoms with Gasteiger partial charge in [-0.3, -0.25) is 19.1 Å². The summed E-state index contributed by atoms with van der Waals surface area (Å²) >= 11 is 0. The highest BCUT2D eigenvalue weighted by Gasteiger charge is 2.48. The van der Waals surface area contributed by atoms with Crippen LogP contribution in [0, 0.1) is 5.92 Å². The van der Waals surface area contributed by atoms with Crippen LogP contribution in [0.3, 0.4) is 0 Å². The lowest BCUT2D eigenvalue weighted by molar-refractivity contribution is 0.0578. The lowest BCUT2D eigenvalue weighted by Gasteiger charge is -2.31. The predicted octanol–water partition coefficient (Wildman–Crippen LogP) is 2.10. The lowest BCUT2D eigenvalue weighted by atomic mass is 10.1. The number of nitrogens with zero attached hydrogens (tertiary/aromatic N) is 1. The summed E-state index contributed by atoms with van der Waals surface area (Å²) in [5.74, 6) is -2.72. The van der Waals surface area contributed by atoms with Crippen molar-refractivity contribution < 1.29 is 23.6 Å². The Balaban J connectivity index is 2.51. The minimum atomic E-state index is -4.11. The highest BCUT2D eigenvalue weighted by molar-refractivity contribution is 7.53. The Bertz CT molecular complexity index is 578. The third kappa shape index (κ3) is 2.20. The standard InChI is InChI=1S/C13H16NO5P/c1-8(2)13(20(17,18)19-3)14-11(15)9-6-4-5-7-10(9)12(14)16/h4-8,13H,1-3H3,(H,17,18)/t13-/m0/s1. The predicted molar refractivity (Wildman–Crippen MR) is 72.4 cm³/mol. The Kier molecular flexibility index (Phi) is 3.82. The van der Waals surface area contributed by atoms with E-state index in [-0.39, 0.29) is 11.1 Å². The summed E-state index contributed by atoms with van der Waals surface area (Å²) in [5, 5.41) is 0. The van der Waals surface area contributed by atoms with Gasteiger partial charge in [0, 0.05) is 7.11 Å². The van der Waals surface area contributed by atoms with Crippen LogP contribution in [0.2, 0.25) is 0 Å². The molecule has 20 heavy (non-hydrogen) atoms. The monoisotopic (exact) mass is 297 g/mol. The van der Waals surface area contributed by atoms with Crippen molar-refractivity contribution in [3.05, 3.63) is 35.4 Å². The molecule has 0 saturated carbocycles. The van der Waals surface area contributed by atoms with Crippen molar-refractivity contribution in [1.29, 1.82) is 0 Å². The molecule has 0 aliphatic carbocycles. The first-order chi connectivity index (χ1) is 9.31. The maximum absolute atomic E-state index is 12.3. The van der Waals surface area contributed by atoms with Crippen LogP contribution in [0.1, 0.15) is 34.6 Å². The second kappa shape index (κ2) is 5.13. The largest absolute Gasteiger partial charge is 0.350 e. The fourth-order valence-corrected chi connectivity index (χ4v) is 3.85. The van der Waals surface area contributed by atoms with Gasteiger partial charge < -0.3 is 9.42 Å². The Morgan fingerprint density at radius 3 is 1.95 bits per heavy atom. The zero-order valence-electron chi connectivity index (χ0n) is 11.4. The fraction of sp³-hybridized carbons (Fsp3) is 0.385. The first-order valence-electron chi connectivity index (χ1n) is 6.16. The van der Waals surface area contributed by atoms with Crippen molar-refractivity contribution in [2.75, 3.05) is 7.11 Å². The smallest absolute Gasteiger partial charge is 0.323 e. The molecule has 0 fully saturated rings. The second-order valence-electron chi connectivity index (χ2n) is 4.93. The highest BCUT2D eigenvalue weighted by atomic mass is 31.2. The molecular weight excluding hydrogens is 281 g/mol. The SMILES string of the molecule is COP(=O)(O)[C@@H](C(C)C)N1C(=O)c2ccccc2C1=O. The van der Waals surface area contributed by atoms with E-state index in [0.717, 1.165) is 12.0 Å². The minimum Gasteiger partial charge on any atom is -0.323 e. The van der Waals surface area contributed by atoms with Crippen LogP contribution in [0.4, 0.5) is 0 Å². The van der Waals surface area contributed by atoms with Gasteiger partial charge in [-0.15, -0.1) is 0 Å². The van der Waals surface area contributed by atoms with Crippen molar-refractivity contribution in [3.8, 4) is 0 Å². The summed E-state index contributed by atoms with van der Waals surface area (Å²) in [6.07, 6.45) is 0. The summed E-state index contributed by atoms with van der Waals surface area (Å²) in [7, 11) is -3.02. The third-order valence-corrected chi connectivity index (χ3v) is 5.30. The van der Waals surface area contributed by atoms with E-state index in [2.05, 4.69) is 4.52 Å². The summed E-state index contributed by atoms with van der Waals surface area (Å²) in [5.41, 5.74) is 0.499.